The van der Waals surface area contributed by atoms with Crippen molar-refractivity contribution in [3.8, 4) is 11.1 Å². The largest absolute Gasteiger partial charge is 0.460 e. The second-order valence-corrected chi connectivity index (χ2v) is 6.79. The lowest BCUT2D eigenvalue weighted by molar-refractivity contribution is 0.402. The summed E-state index contributed by atoms with van der Waals surface area (Å²) in [5.74, 6) is 1.15. The third-order valence-electron chi connectivity index (χ3n) is 5.09. The Hall–Kier alpha value is -2.39. The van der Waals surface area contributed by atoms with Gasteiger partial charge in [0.1, 0.15) is 11.3 Å². The van der Waals surface area contributed by atoms with Gasteiger partial charge in [0.15, 0.2) is 5.43 Å². The summed E-state index contributed by atoms with van der Waals surface area (Å²) in [6.07, 6.45) is 4.45. The maximum atomic E-state index is 12.7. The van der Waals surface area contributed by atoms with Crippen LogP contribution in [0, 0.1) is 0 Å². The Labute approximate surface area is 147 Å². The third-order valence-corrected chi connectivity index (χ3v) is 5.09. The molecule has 0 aliphatic carbocycles. The minimum Gasteiger partial charge on any atom is -0.460 e. The SMILES string of the molecule is O=c1cc(C2CCCCNCC2)oc2c(-c3ccccc3)cccc12. The van der Waals surface area contributed by atoms with Gasteiger partial charge in [0.2, 0.25) is 0 Å². The number of nitrogens with one attached hydrogen (secondary N) is 1. The van der Waals surface area contributed by atoms with E-state index in [1.54, 1.807) is 6.07 Å². The smallest absolute Gasteiger partial charge is 0.192 e. The van der Waals surface area contributed by atoms with Crippen molar-refractivity contribution in [3.05, 3.63) is 70.6 Å². The quantitative estimate of drug-likeness (QED) is 0.738. The average molecular weight is 333 g/mol. The molecule has 1 fully saturated rings. The van der Waals surface area contributed by atoms with E-state index in [1.807, 2.05) is 36.4 Å². The van der Waals surface area contributed by atoms with Crippen molar-refractivity contribution in [1.82, 2.24) is 5.32 Å². The maximum absolute atomic E-state index is 12.7. The van der Waals surface area contributed by atoms with Crippen molar-refractivity contribution in [2.24, 2.45) is 0 Å². The van der Waals surface area contributed by atoms with Crippen LogP contribution in [0.15, 0.2) is 63.8 Å². The van der Waals surface area contributed by atoms with Crippen molar-refractivity contribution < 1.29 is 4.42 Å². The molecule has 3 nitrogen and oxygen atoms in total. The molecule has 1 aliphatic rings. The van der Waals surface area contributed by atoms with Gasteiger partial charge in [-0.25, -0.2) is 0 Å². The Balaban J connectivity index is 1.83. The van der Waals surface area contributed by atoms with Crippen LogP contribution in [0.3, 0.4) is 0 Å². The summed E-state index contributed by atoms with van der Waals surface area (Å²) in [6, 6.07) is 17.7. The van der Waals surface area contributed by atoms with Gasteiger partial charge in [-0.2, -0.15) is 0 Å². The number of fused-ring (bicyclic) bond motifs is 1. The molecule has 0 saturated carbocycles. The standard InChI is InChI=1S/C22H23NO2/c24-20-15-21(17-9-4-5-13-23-14-12-17)25-22-18(10-6-11-19(20)22)16-7-2-1-3-8-16/h1-3,6-8,10-11,15,17,23H,4-5,9,12-14H2. The van der Waals surface area contributed by atoms with Crippen molar-refractivity contribution >= 4 is 11.0 Å². The van der Waals surface area contributed by atoms with E-state index in [1.165, 1.54) is 12.8 Å². The number of para-hydroxylation sites is 1. The predicted molar refractivity (Wildman–Crippen MR) is 102 cm³/mol. The molecular weight excluding hydrogens is 310 g/mol. The first-order chi connectivity index (χ1) is 12.3. The predicted octanol–water partition coefficient (Wildman–Crippen LogP) is 4.71. The molecule has 3 heteroatoms. The first-order valence-corrected chi connectivity index (χ1v) is 9.16. The van der Waals surface area contributed by atoms with Crippen LogP contribution in [-0.4, -0.2) is 13.1 Å². The molecule has 0 amide bonds. The van der Waals surface area contributed by atoms with E-state index in [9.17, 15) is 4.79 Å². The Bertz CT molecular complexity index is 906. The first kappa shape index (κ1) is 16.1. The topological polar surface area (TPSA) is 42.2 Å². The molecule has 1 unspecified atom stereocenters. The van der Waals surface area contributed by atoms with Crippen molar-refractivity contribution in [1.29, 1.82) is 0 Å². The summed E-state index contributed by atoms with van der Waals surface area (Å²) >= 11 is 0. The highest BCUT2D eigenvalue weighted by Gasteiger charge is 2.18. The Morgan fingerprint density at radius 1 is 0.920 bits per heavy atom. The van der Waals surface area contributed by atoms with Gasteiger partial charge in [-0.3, -0.25) is 4.79 Å². The van der Waals surface area contributed by atoms with E-state index < -0.39 is 0 Å². The number of hydrogen-bond acceptors (Lipinski definition) is 3. The highest BCUT2D eigenvalue weighted by atomic mass is 16.3. The molecular formula is C22H23NO2. The fraction of sp³-hybridized carbons (Fsp3) is 0.318. The maximum Gasteiger partial charge on any atom is 0.192 e. The zero-order valence-electron chi connectivity index (χ0n) is 14.3. The fourth-order valence-electron chi connectivity index (χ4n) is 3.71. The summed E-state index contributed by atoms with van der Waals surface area (Å²) in [5.41, 5.74) is 2.84. The van der Waals surface area contributed by atoms with Crippen LogP contribution in [0.4, 0.5) is 0 Å². The van der Waals surface area contributed by atoms with E-state index in [0.717, 1.165) is 42.8 Å². The Morgan fingerprint density at radius 2 is 1.80 bits per heavy atom. The van der Waals surface area contributed by atoms with E-state index in [0.29, 0.717) is 16.9 Å². The molecule has 3 aromatic rings. The monoisotopic (exact) mass is 333 g/mol. The van der Waals surface area contributed by atoms with Crippen LogP contribution >= 0.6 is 0 Å². The Morgan fingerprint density at radius 3 is 2.68 bits per heavy atom. The zero-order chi connectivity index (χ0) is 17.1. The molecule has 4 rings (SSSR count). The average Bonchev–Trinajstić information content (AvgIpc) is 2.62. The highest BCUT2D eigenvalue weighted by Crippen LogP contribution is 2.32. The molecule has 0 spiro atoms. The molecule has 1 aromatic heterocycles. The molecule has 25 heavy (non-hydrogen) atoms. The van der Waals surface area contributed by atoms with E-state index in [4.69, 9.17) is 4.42 Å². The minimum absolute atomic E-state index is 0.0593. The van der Waals surface area contributed by atoms with Gasteiger partial charge in [0.25, 0.3) is 0 Å². The molecule has 0 radical (unpaired) electrons. The van der Waals surface area contributed by atoms with Gasteiger partial charge < -0.3 is 9.73 Å². The van der Waals surface area contributed by atoms with Gasteiger partial charge in [-0.05, 0) is 44.0 Å². The summed E-state index contributed by atoms with van der Waals surface area (Å²) < 4.78 is 6.34. The molecule has 1 atom stereocenters. The third kappa shape index (κ3) is 3.38. The summed E-state index contributed by atoms with van der Waals surface area (Å²) in [7, 11) is 0. The van der Waals surface area contributed by atoms with Crippen LogP contribution in [-0.2, 0) is 0 Å². The van der Waals surface area contributed by atoms with Gasteiger partial charge in [-0.1, -0.05) is 48.9 Å². The molecule has 1 N–H and O–H groups in total. The summed E-state index contributed by atoms with van der Waals surface area (Å²) in [4.78, 5) is 12.7. The molecule has 2 heterocycles. The van der Waals surface area contributed by atoms with Crippen molar-refractivity contribution in [2.75, 3.05) is 13.1 Å². The minimum atomic E-state index is 0.0593. The fourth-order valence-corrected chi connectivity index (χ4v) is 3.71. The van der Waals surface area contributed by atoms with Crippen molar-refractivity contribution in [3.63, 3.8) is 0 Å². The van der Waals surface area contributed by atoms with Crippen molar-refractivity contribution in [2.45, 2.75) is 31.6 Å². The lowest BCUT2D eigenvalue weighted by Gasteiger charge is -2.20. The van der Waals surface area contributed by atoms with E-state index in [-0.39, 0.29) is 5.43 Å². The zero-order valence-corrected chi connectivity index (χ0v) is 14.3. The summed E-state index contributed by atoms with van der Waals surface area (Å²) in [5, 5.41) is 4.12. The number of hydrogen-bond donors (Lipinski definition) is 1. The van der Waals surface area contributed by atoms with Crippen LogP contribution < -0.4 is 10.7 Å². The Kier molecular flexibility index (Phi) is 4.66. The molecule has 1 saturated heterocycles. The number of benzene rings is 2. The lowest BCUT2D eigenvalue weighted by atomic mass is 9.93. The summed E-state index contributed by atoms with van der Waals surface area (Å²) in [6.45, 7) is 2.07. The molecule has 1 aliphatic heterocycles. The van der Waals surface area contributed by atoms with Crippen LogP contribution in [0.1, 0.15) is 37.4 Å². The molecule has 0 bridgehead atoms. The van der Waals surface area contributed by atoms with E-state index in [2.05, 4.69) is 17.4 Å². The lowest BCUT2D eigenvalue weighted by Crippen LogP contribution is -2.22. The van der Waals surface area contributed by atoms with E-state index >= 15 is 0 Å². The second kappa shape index (κ2) is 7.24. The van der Waals surface area contributed by atoms with Crippen LogP contribution in [0.2, 0.25) is 0 Å². The highest BCUT2D eigenvalue weighted by molar-refractivity contribution is 5.91. The first-order valence-electron chi connectivity index (χ1n) is 9.16. The second-order valence-electron chi connectivity index (χ2n) is 6.79. The normalized spacial score (nSPS) is 18.6. The molecule has 2 aromatic carbocycles. The van der Waals surface area contributed by atoms with Gasteiger partial charge in [0.05, 0.1) is 5.39 Å². The van der Waals surface area contributed by atoms with Crippen LogP contribution in [0.25, 0.3) is 22.1 Å². The number of rotatable bonds is 2. The van der Waals surface area contributed by atoms with Crippen LogP contribution in [0.5, 0.6) is 0 Å². The van der Waals surface area contributed by atoms with Gasteiger partial charge in [0, 0.05) is 17.5 Å². The van der Waals surface area contributed by atoms with Gasteiger partial charge >= 0.3 is 0 Å². The van der Waals surface area contributed by atoms with Gasteiger partial charge in [-0.15, -0.1) is 0 Å². The molecule has 128 valence electrons.